The van der Waals surface area contributed by atoms with Crippen molar-refractivity contribution in [2.45, 2.75) is 19.3 Å². The van der Waals surface area contributed by atoms with E-state index in [4.69, 9.17) is 0 Å². The van der Waals surface area contributed by atoms with E-state index in [-0.39, 0.29) is 5.41 Å². The summed E-state index contributed by atoms with van der Waals surface area (Å²) in [5, 5.41) is 7.68. The number of anilines is 3. The SMILES string of the molecule is CC1(C)c2ccccc2N(c2ccc(-c3c(-c4ccccc4)cc(-c4ccccc4)c4c5ccccc5c5ccccc5c34)cc2)c2ccccc21. The monoisotopic (exact) mass is 663 g/mol. The van der Waals surface area contributed by atoms with Crippen LogP contribution < -0.4 is 4.90 Å². The largest absolute Gasteiger partial charge is 0.310 e. The Bertz CT molecular complexity index is 2740. The lowest BCUT2D eigenvalue weighted by atomic mass is 9.73. The van der Waals surface area contributed by atoms with Crippen molar-refractivity contribution in [3.05, 3.63) is 199 Å². The third kappa shape index (κ3) is 4.56. The van der Waals surface area contributed by atoms with Crippen LogP contribution in [-0.2, 0) is 5.41 Å². The Morgan fingerprint density at radius 3 is 1.37 bits per heavy atom. The smallest absolute Gasteiger partial charge is 0.0502 e. The lowest BCUT2D eigenvalue weighted by Gasteiger charge is -2.42. The minimum Gasteiger partial charge on any atom is -0.310 e. The van der Waals surface area contributed by atoms with E-state index >= 15 is 0 Å². The van der Waals surface area contributed by atoms with Crippen LogP contribution in [0.25, 0.3) is 65.7 Å². The van der Waals surface area contributed by atoms with Gasteiger partial charge in [-0.3, -0.25) is 0 Å². The van der Waals surface area contributed by atoms with E-state index in [1.807, 2.05) is 0 Å². The van der Waals surface area contributed by atoms with E-state index in [2.05, 4.69) is 207 Å². The highest BCUT2D eigenvalue weighted by molar-refractivity contribution is 6.33. The van der Waals surface area contributed by atoms with Gasteiger partial charge < -0.3 is 4.90 Å². The average Bonchev–Trinajstić information content (AvgIpc) is 3.21. The highest BCUT2D eigenvalue weighted by Crippen LogP contribution is 2.53. The predicted octanol–water partition coefficient (Wildman–Crippen LogP) is 14.3. The summed E-state index contributed by atoms with van der Waals surface area (Å²) < 4.78 is 0. The molecule has 0 fully saturated rings. The number of rotatable bonds is 4. The van der Waals surface area contributed by atoms with E-state index in [9.17, 15) is 0 Å². The van der Waals surface area contributed by atoms with Gasteiger partial charge in [-0.2, -0.15) is 0 Å². The van der Waals surface area contributed by atoms with Crippen molar-refractivity contribution >= 4 is 49.4 Å². The molecule has 0 unspecified atom stereocenters. The van der Waals surface area contributed by atoms with Gasteiger partial charge in [0.1, 0.15) is 0 Å². The quantitative estimate of drug-likeness (QED) is 0.169. The molecule has 1 heteroatoms. The van der Waals surface area contributed by atoms with Crippen LogP contribution in [0.3, 0.4) is 0 Å². The molecule has 0 saturated carbocycles. The van der Waals surface area contributed by atoms with E-state index in [1.165, 1.54) is 88.2 Å². The summed E-state index contributed by atoms with van der Waals surface area (Å²) in [6.07, 6.45) is 0. The zero-order valence-electron chi connectivity index (χ0n) is 29.3. The van der Waals surface area contributed by atoms with E-state index in [1.54, 1.807) is 0 Å². The van der Waals surface area contributed by atoms with Crippen LogP contribution >= 0.6 is 0 Å². The highest BCUT2D eigenvalue weighted by atomic mass is 15.2. The standard InChI is InChI=1S/C51H37N/c1-51(2)44-25-13-15-27-46(44)52(47-28-16-14-26-45(47)51)37-31-29-36(30-32-37)48-42(34-17-5-3-6-18-34)33-43(35-19-7-4-8-20-35)49-40-23-11-9-21-38(40)39-22-10-12-24-41(39)50(48)49/h3-33H,1-2H3. The van der Waals surface area contributed by atoms with Gasteiger partial charge in [0.15, 0.2) is 0 Å². The molecule has 0 radical (unpaired) electrons. The van der Waals surface area contributed by atoms with Gasteiger partial charge in [-0.25, -0.2) is 0 Å². The molecule has 10 rings (SSSR count). The molecule has 52 heavy (non-hydrogen) atoms. The predicted molar refractivity (Wildman–Crippen MR) is 222 cm³/mol. The molecule has 0 atom stereocenters. The Labute approximate surface area is 305 Å². The van der Waals surface area contributed by atoms with Crippen molar-refractivity contribution < 1.29 is 0 Å². The maximum absolute atomic E-state index is 2.44. The van der Waals surface area contributed by atoms with Gasteiger partial charge in [0.25, 0.3) is 0 Å². The number of para-hydroxylation sites is 2. The number of fused-ring (bicyclic) bond motifs is 8. The van der Waals surface area contributed by atoms with Gasteiger partial charge in [-0.15, -0.1) is 0 Å². The number of hydrogen-bond donors (Lipinski definition) is 0. The molecule has 0 amide bonds. The first kappa shape index (κ1) is 30.4. The minimum absolute atomic E-state index is 0.0997. The minimum atomic E-state index is -0.0997. The highest BCUT2D eigenvalue weighted by Gasteiger charge is 2.36. The molecule has 0 bridgehead atoms. The summed E-state index contributed by atoms with van der Waals surface area (Å²) >= 11 is 0. The van der Waals surface area contributed by atoms with Crippen molar-refractivity contribution in [2.75, 3.05) is 4.90 Å². The topological polar surface area (TPSA) is 3.24 Å². The molecule has 1 heterocycles. The summed E-state index contributed by atoms with van der Waals surface area (Å²) in [4.78, 5) is 2.44. The number of nitrogens with zero attached hydrogens (tertiary/aromatic N) is 1. The fraction of sp³-hybridized carbons (Fsp3) is 0.0588. The van der Waals surface area contributed by atoms with Crippen LogP contribution in [0.1, 0.15) is 25.0 Å². The molecule has 0 spiro atoms. The van der Waals surface area contributed by atoms with Crippen LogP contribution in [0.5, 0.6) is 0 Å². The molecule has 1 aliphatic rings. The Morgan fingerprint density at radius 1 is 0.365 bits per heavy atom. The Morgan fingerprint density at radius 2 is 0.808 bits per heavy atom. The molecule has 1 nitrogen and oxygen atoms in total. The van der Waals surface area contributed by atoms with Crippen LogP contribution in [0.15, 0.2) is 188 Å². The first-order chi connectivity index (χ1) is 25.6. The van der Waals surface area contributed by atoms with Crippen molar-refractivity contribution in [1.29, 1.82) is 0 Å². The van der Waals surface area contributed by atoms with E-state index in [0.29, 0.717) is 0 Å². The maximum Gasteiger partial charge on any atom is 0.0502 e. The van der Waals surface area contributed by atoms with Crippen LogP contribution in [0.2, 0.25) is 0 Å². The zero-order valence-corrected chi connectivity index (χ0v) is 29.3. The van der Waals surface area contributed by atoms with Crippen molar-refractivity contribution in [2.24, 2.45) is 0 Å². The lowest BCUT2D eigenvalue weighted by molar-refractivity contribution is 0.632. The van der Waals surface area contributed by atoms with Gasteiger partial charge in [-0.05, 0) is 107 Å². The van der Waals surface area contributed by atoms with Crippen LogP contribution in [-0.4, -0.2) is 0 Å². The summed E-state index contributed by atoms with van der Waals surface area (Å²) in [5.74, 6) is 0. The van der Waals surface area contributed by atoms with Gasteiger partial charge in [-0.1, -0.05) is 172 Å². The van der Waals surface area contributed by atoms with Gasteiger partial charge in [0.2, 0.25) is 0 Å². The van der Waals surface area contributed by atoms with E-state index in [0.717, 1.165) is 5.69 Å². The third-order valence-electron chi connectivity index (χ3n) is 11.2. The third-order valence-corrected chi connectivity index (χ3v) is 11.2. The normalized spacial score (nSPS) is 13.3. The number of hydrogen-bond acceptors (Lipinski definition) is 1. The summed E-state index contributed by atoms with van der Waals surface area (Å²) in [7, 11) is 0. The molecule has 0 aliphatic carbocycles. The second-order valence-electron chi connectivity index (χ2n) is 14.5. The van der Waals surface area contributed by atoms with Gasteiger partial charge in [0, 0.05) is 11.1 Å². The molecule has 9 aromatic rings. The fourth-order valence-electron chi connectivity index (χ4n) is 8.82. The van der Waals surface area contributed by atoms with Crippen molar-refractivity contribution in [3.63, 3.8) is 0 Å². The van der Waals surface area contributed by atoms with Gasteiger partial charge in [0.05, 0.1) is 11.4 Å². The Balaban J connectivity index is 1.29. The van der Waals surface area contributed by atoms with Gasteiger partial charge >= 0.3 is 0 Å². The molecule has 246 valence electrons. The average molecular weight is 664 g/mol. The molecule has 0 aromatic heterocycles. The molecular weight excluding hydrogens is 627 g/mol. The van der Waals surface area contributed by atoms with Crippen molar-refractivity contribution in [3.8, 4) is 33.4 Å². The second-order valence-corrected chi connectivity index (χ2v) is 14.5. The van der Waals surface area contributed by atoms with Crippen molar-refractivity contribution in [1.82, 2.24) is 0 Å². The molecule has 1 aliphatic heterocycles. The fourth-order valence-corrected chi connectivity index (χ4v) is 8.82. The molecule has 9 aromatic carbocycles. The molecular formula is C51H37N. The summed E-state index contributed by atoms with van der Waals surface area (Å²) in [5.41, 5.74) is 13.6. The second kappa shape index (κ2) is 11.8. The molecule has 0 N–H and O–H groups in total. The Kier molecular flexibility index (Phi) is 6.91. The lowest BCUT2D eigenvalue weighted by Crippen LogP contribution is -2.30. The van der Waals surface area contributed by atoms with E-state index < -0.39 is 0 Å². The van der Waals surface area contributed by atoms with Crippen LogP contribution in [0.4, 0.5) is 17.1 Å². The number of benzene rings is 9. The first-order valence-electron chi connectivity index (χ1n) is 18.2. The summed E-state index contributed by atoms with van der Waals surface area (Å²) in [6.45, 7) is 4.68. The first-order valence-corrected chi connectivity index (χ1v) is 18.2. The Hall–Kier alpha value is -6.44. The zero-order chi connectivity index (χ0) is 34.8. The summed E-state index contributed by atoms with van der Waals surface area (Å²) in [6, 6.07) is 69.2. The van der Waals surface area contributed by atoms with Crippen LogP contribution in [0, 0.1) is 0 Å². The maximum atomic E-state index is 2.44. The molecule has 0 saturated heterocycles.